The van der Waals surface area contributed by atoms with Crippen LogP contribution in [-0.2, 0) is 0 Å². The largest absolute Gasteiger partial charge is 0.371 e. The van der Waals surface area contributed by atoms with Crippen LogP contribution in [0, 0.1) is 6.92 Å². The van der Waals surface area contributed by atoms with Gasteiger partial charge in [-0.3, -0.25) is 4.79 Å². The number of fused-ring (bicyclic) bond motifs is 1. The molecule has 0 aliphatic carbocycles. The maximum Gasteiger partial charge on any atom is 0.258 e. The molecule has 20 heavy (non-hydrogen) atoms. The Balaban J connectivity index is 1.97. The van der Waals surface area contributed by atoms with Gasteiger partial charge in [0.05, 0.1) is 11.4 Å². The Labute approximate surface area is 119 Å². The summed E-state index contributed by atoms with van der Waals surface area (Å²) < 4.78 is 0. The fourth-order valence-corrected chi connectivity index (χ4v) is 2.57. The van der Waals surface area contributed by atoms with Crippen molar-refractivity contribution in [2.24, 2.45) is 0 Å². The van der Waals surface area contributed by atoms with Gasteiger partial charge in [-0.05, 0) is 31.2 Å². The van der Waals surface area contributed by atoms with Gasteiger partial charge in [0, 0.05) is 25.7 Å². The fraction of sp³-hybridized carbons (Fsp3) is 0.235. The van der Waals surface area contributed by atoms with Gasteiger partial charge in [0.1, 0.15) is 0 Å². The summed E-state index contributed by atoms with van der Waals surface area (Å²) in [5.74, 6) is 0.0746. The molecule has 1 amide bonds. The molecule has 1 heterocycles. The SMILES string of the molecule is Cc1ccc(C(=O)N2CCN(C)c3ccccc32)cc1. The first-order valence-corrected chi connectivity index (χ1v) is 6.85. The van der Waals surface area contributed by atoms with Gasteiger partial charge in [0.15, 0.2) is 0 Å². The Morgan fingerprint density at radius 2 is 1.60 bits per heavy atom. The molecule has 1 aliphatic heterocycles. The highest BCUT2D eigenvalue weighted by Gasteiger charge is 2.25. The molecular weight excluding hydrogens is 248 g/mol. The molecule has 0 bridgehead atoms. The second-order valence-electron chi connectivity index (χ2n) is 5.23. The molecule has 2 aromatic carbocycles. The predicted octanol–water partition coefficient (Wildman–Crippen LogP) is 3.09. The number of para-hydroxylation sites is 2. The number of benzene rings is 2. The summed E-state index contributed by atoms with van der Waals surface area (Å²) in [7, 11) is 2.06. The van der Waals surface area contributed by atoms with Gasteiger partial charge < -0.3 is 9.80 Å². The third kappa shape index (κ3) is 2.16. The Morgan fingerprint density at radius 3 is 2.30 bits per heavy atom. The summed E-state index contributed by atoms with van der Waals surface area (Å²) in [4.78, 5) is 16.8. The average Bonchev–Trinajstić information content (AvgIpc) is 2.48. The van der Waals surface area contributed by atoms with E-state index >= 15 is 0 Å². The summed E-state index contributed by atoms with van der Waals surface area (Å²) in [5, 5.41) is 0. The number of aryl methyl sites for hydroxylation is 1. The molecule has 3 nitrogen and oxygen atoms in total. The summed E-state index contributed by atoms with van der Waals surface area (Å²) in [5.41, 5.74) is 4.02. The minimum atomic E-state index is 0.0746. The molecule has 3 rings (SSSR count). The Kier molecular flexibility index (Phi) is 3.18. The standard InChI is InChI=1S/C17H18N2O/c1-13-7-9-14(10-8-13)17(20)19-12-11-18(2)15-5-3-4-6-16(15)19/h3-10H,11-12H2,1-2H3. The van der Waals surface area contributed by atoms with Crippen LogP contribution in [0.15, 0.2) is 48.5 Å². The lowest BCUT2D eigenvalue weighted by molar-refractivity contribution is 0.0987. The molecule has 0 N–H and O–H groups in total. The maximum atomic E-state index is 12.7. The first-order chi connectivity index (χ1) is 9.66. The zero-order chi connectivity index (χ0) is 14.1. The number of hydrogen-bond donors (Lipinski definition) is 0. The highest BCUT2D eigenvalue weighted by atomic mass is 16.2. The van der Waals surface area contributed by atoms with Gasteiger partial charge in [0.2, 0.25) is 0 Å². The molecular formula is C17H18N2O. The van der Waals surface area contributed by atoms with E-state index < -0.39 is 0 Å². The topological polar surface area (TPSA) is 23.6 Å². The number of carbonyl (C=O) groups excluding carboxylic acids is 1. The second-order valence-corrected chi connectivity index (χ2v) is 5.23. The molecule has 1 aliphatic rings. The minimum absolute atomic E-state index is 0.0746. The van der Waals surface area contributed by atoms with Crippen LogP contribution in [0.2, 0.25) is 0 Å². The summed E-state index contributed by atoms with van der Waals surface area (Å²) in [6.07, 6.45) is 0. The second kappa shape index (κ2) is 5.00. The van der Waals surface area contributed by atoms with Crippen LogP contribution in [0.4, 0.5) is 11.4 Å². The normalized spacial score (nSPS) is 14.1. The molecule has 0 aromatic heterocycles. The first kappa shape index (κ1) is 12.7. The van der Waals surface area contributed by atoms with Crippen molar-refractivity contribution in [2.45, 2.75) is 6.92 Å². The van der Waals surface area contributed by atoms with Crippen molar-refractivity contribution in [2.75, 3.05) is 29.9 Å². The van der Waals surface area contributed by atoms with Gasteiger partial charge in [0.25, 0.3) is 5.91 Å². The molecule has 0 spiro atoms. The van der Waals surface area contributed by atoms with Crippen molar-refractivity contribution in [3.8, 4) is 0 Å². The van der Waals surface area contributed by atoms with Crippen molar-refractivity contribution in [3.63, 3.8) is 0 Å². The molecule has 0 saturated heterocycles. The van der Waals surface area contributed by atoms with E-state index in [9.17, 15) is 4.79 Å². The van der Waals surface area contributed by atoms with E-state index in [1.165, 1.54) is 5.56 Å². The highest BCUT2D eigenvalue weighted by Crippen LogP contribution is 2.32. The molecule has 0 fully saturated rings. The van der Waals surface area contributed by atoms with Crippen molar-refractivity contribution in [1.29, 1.82) is 0 Å². The van der Waals surface area contributed by atoms with Crippen LogP contribution in [0.3, 0.4) is 0 Å². The van der Waals surface area contributed by atoms with Crippen molar-refractivity contribution < 1.29 is 4.79 Å². The lowest BCUT2D eigenvalue weighted by Gasteiger charge is -2.35. The van der Waals surface area contributed by atoms with Crippen LogP contribution in [0.5, 0.6) is 0 Å². The third-order valence-corrected chi connectivity index (χ3v) is 3.79. The first-order valence-electron chi connectivity index (χ1n) is 6.85. The van der Waals surface area contributed by atoms with E-state index in [-0.39, 0.29) is 5.91 Å². The van der Waals surface area contributed by atoms with E-state index in [2.05, 4.69) is 18.0 Å². The van der Waals surface area contributed by atoms with Crippen LogP contribution in [0.25, 0.3) is 0 Å². The van der Waals surface area contributed by atoms with Crippen molar-refractivity contribution in [1.82, 2.24) is 0 Å². The number of rotatable bonds is 1. The van der Waals surface area contributed by atoms with Crippen LogP contribution in [0.1, 0.15) is 15.9 Å². The molecule has 3 heteroatoms. The molecule has 2 aromatic rings. The molecule has 0 saturated carbocycles. The Hall–Kier alpha value is -2.29. The van der Waals surface area contributed by atoms with Gasteiger partial charge in [-0.2, -0.15) is 0 Å². The maximum absolute atomic E-state index is 12.7. The number of amides is 1. The average molecular weight is 266 g/mol. The molecule has 0 unspecified atom stereocenters. The van der Waals surface area contributed by atoms with E-state index in [1.807, 2.05) is 54.3 Å². The summed E-state index contributed by atoms with van der Waals surface area (Å²) in [6.45, 7) is 3.61. The van der Waals surface area contributed by atoms with Gasteiger partial charge in [-0.1, -0.05) is 29.8 Å². The van der Waals surface area contributed by atoms with Gasteiger partial charge >= 0.3 is 0 Å². The summed E-state index contributed by atoms with van der Waals surface area (Å²) >= 11 is 0. The summed E-state index contributed by atoms with van der Waals surface area (Å²) in [6, 6.07) is 15.8. The molecule has 0 atom stereocenters. The monoisotopic (exact) mass is 266 g/mol. The van der Waals surface area contributed by atoms with E-state index in [4.69, 9.17) is 0 Å². The van der Waals surface area contributed by atoms with Gasteiger partial charge in [-0.25, -0.2) is 0 Å². The molecule has 102 valence electrons. The van der Waals surface area contributed by atoms with E-state index in [1.54, 1.807) is 0 Å². The minimum Gasteiger partial charge on any atom is -0.371 e. The van der Waals surface area contributed by atoms with E-state index in [0.717, 1.165) is 30.0 Å². The number of nitrogens with zero attached hydrogens (tertiary/aromatic N) is 2. The quantitative estimate of drug-likeness (QED) is 0.792. The number of hydrogen-bond acceptors (Lipinski definition) is 2. The smallest absolute Gasteiger partial charge is 0.258 e. The molecule has 0 radical (unpaired) electrons. The lowest BCUT2D eigenvalue weighted by atomic mass is 10.1. The zero-order valence-corrected chi connectivity index (χ0v) is 11.8. The number of anilines is 2. The highest BCUT2D eigenvalue weighted by molar-refractivity contribution is 6.08. The van der Waals surface area contributed by atoms with Crippen LogP contribution >= 0.6 is 0 Å². The van der Waals surface area contributed by atoms with Gasteiger partial charge in [-0.15, -0.1) is 0 Å². The predicted molar refractivity (Wildman–Crippen MR) is 82.6 cm³/mol. The van der Waals surface area contributed by atoms with Crippen LogP contribution < -0.4 is 9.80 Å². The fourth-order valence-electron chi connectivity index (χ4n) is 2.57. The zero-order valence-electron chi connectivity index (χ0n) is 11.8. The van der Waals surface area contributed by atoms with E-state index in [0.29, 0.717) is 0 Å². The van der Waals surface area contributed by atoms with Crippen molar-refractivity contribution in [3.05, 3.63) is 59.7 Å². The van der Waals surface area contributed by atoms with Crippen molar-refractivity contribution >= 4 is 17.3 Å². The Bertz CT molecular complexity index is 634. The Morgan fingerprint density at radius 1 is 0.950 bits per heavy atom. The number of carbonyl (C=O) groups is 1. The third-order valence-electron chi connectivity index (χ3n) is 3.79. The van der Waals surface area contributed by atoms with Crippen LogP contribution in [-0.4, -0.2) is 26.0 Å². The lowest BCUT2D eigenvalue weighted by Crippen LogP contribution is -2.42. The number of likely N-dealkylation sites (N-methyl/N-ethyl adjacent to an activating group) is 1.